The predicted molar refractivity (Wildman–Crippen MR) is 78.7 cm³/mol. The van der Waals surface area contributed by atoms with E-state index in [2.05, 4.69) is 25.3 Å². The number of hydrogen-bond acceptors (Lipinski definition) is 4. The van der Waals surface area contributed by atoms with Crippen LogP contribution in [0.15, 0.2) is 49.2 Å². The standard InChI is InChI=1S/C15H13N5O/c1-10-18-8-14(19-10)15(21)20-13-4-2-11(3-5-13)12-6-16-9-17-7-12/h2-9H,1H3,(H,18,19)(H,20,21). The van der Waals surface area contributed by atoms with E-state index in [1.807, 2.05) is 24.3 Å². The first-order valence-electron chi connectivity index (χ1n) is 6.41. The van der Waals surface area contributed by atoms with Crippen LogP contribution < -0.4 is 5.32 Å². The quantitative estimate of drug-likeness (QED) is 0.771. The van der Waals surface area contributed by atoms with Gasteiger partial charge in [-0.1, -0.05) is 12.1 Å². The molecule has 0 unspecified atom stereocenters. The fourth-order valence-corrected chi connectivity index (χ4v) is 1.93. The van der Waals surface area contributed by atoms with Crippen molar-refractivity contribution in [2.45, 2.75) is 6.92 Å². The number of aromatic nitrogens is 4. The molecule has 0 aliphatic heterocycles. The van der Waals surface area contributed by atoms with Crippen LogP contribution in [-0.2, 0) is 0 Å². The maximum atomic E-state index is 12.0. The number of carbonyl (C=O) groups excluding carboxylic acids is 1. The van der Waals surface area contributed by atoms with E-state index in [0.29, 0.717) is 17.2 Å². The molecule has 104 valence electrons. The van der Waals surface area contributed by atoms with Gasteiger partial charge in [-0.15, -0.1) is 0 Å². The maximum absolute atomic E-state index is 12.0. The molecule has 0 spiro atoms. The van der Waals surface area contributed by atoms with Crippen LogP contribution in [-0.4, -0.2) is 25.8 Å². The Hall–Kier alpha value is -3.02. The number of benzene rings is 1. The minimum atomic E-state index is -0.216. The summed E-state index contributed by atoms with van der Waals surface area (Å²) < 4.78 is 0. The van der Waals surface area contributed by atoms with Crippen LogP contribution in [0.2, 0.25) is 0 Å². The van der Waals surface area contributed by atoms with Gasteiger partial charge in [0.15, 0.2) is 0 Å². The number of aromatic amines is 1. The summed E-state index contributed by atoms with van der Waals surface area (Å²) in [5.41, 5.74) is 3.08. The second-order valence-electron chi connectivity index (χ2n) is 4.54. The molecule has 0 aliphatic carbocycles. The molecule has 6 heteroatoms. The van der Waals surface area contributed by atoms with Crippen LogP contribution in [0, 0.1) is 6.92 Å². The molecule has 0 radical (unpaired) electrons. The average molecular weight is 279 g/mol. The predicted octanol–water partition coefficient (Wildman–Crippen LogP) is 2.43. The summed E-state index contributed by atoms with van der Waals surface area (Å²) in [6, 6.07) is 7.49. The van der Waals surface area contributed by atoms with Gasteiger partial charge in [0.05, 0.1) is 6.20 Å². The normalized spacial score (nSPS) is 10.3. The highest BCUT2D eigenvalue weighted by Crippen LogP contribution is 2.19. The Kier molecular flexibility index (Phi) is 3.42. The molecular formula is C15H13N5O. The number of imidazole rings is 1. The zero-order valence-electron chi connectivity index (χ0n) is 11.4. The molecule has 21 heavy (non-hydrogen) atoms. The summed E-state index contributed by atoms with van der Waals surface area (Å²) in [6.45, 7) is 1.80. The molecule has 0 atom stereocenters. The fourth-order valence-electron chi connectivity index (χ4n) is 1.93. The summed E-state index contributed by atoms with van der Waals surface area (Å²) in [5, 5.41) is 2.81. The molecule has 0 bridgehead atoms. The largest absolute Gasteiger partial charge is 0.338 e. The number of nitrogens with zero attached hydrogens (tertiary/aromatic N) is 3. The van der Waals surface area contributed by atoms with E-state index >= 15 is 0 Å². The van der Waals surface area contributed by atoms with Crippen LogP contribution in [0.5, 0.6) is 0 Å². The molecule has 1 amide bonds. The lowest BCUT2D eigenvalue weighted by Gasteiger charge is -2.05. The van der Waals surface area contributed by atoms with Gasteiger partial charge in [-0.3, -0.25) is 4.79 Å². The lowest BCUT2D eigenvalue weighted by Crippen LogP contribution is -2.12. The number of anilines is 1. The van der Waals surface area contributed by atoms with Gasteiger partial charge in [-0.05, 0) is 24.6 Å². The third-order valence-electron chi connectivity index (χ3n) is 2.98. The monoisotopic (exact) mass is 279 g/mol. The molecular weight excluding hydrogens is 266 g/mol. The third-order valence-corrected chi connectivity index (χ3v) is 2.98. The summed E-state index contributed by atoms with van der Waals surface area (Å²) in [7, 11) is 0. The minimum absolute atomic E-state index is 0.216. The van der Waals surface area contributed by atoms with Crippen LogP contribution in [0.4, 0.5) is 5.69 Å². The molecule has 1 aromatic carbocycles. The van der Waals surface area contributed by atoms with Crippen LogP contribution in [0.25, 0.3) is 11.1 Å². The highest BCUT2D eigenvalue weighted by Gasteiger charge is 2.08. The Balaban J connectivity index is 1.74. The van der Waals surface area contributed by atoms with Crippen molar-refractivity contribution in [3.05, 3.63) is 60.7 Å². The van der Waals surface area contributed by atoms with E-state index in [1.165, 1.54) is 12.5 Å². The van der Waals surface area contributed by atoms with Crippen molar-refractivity contribution in [2.24, 2.45) is 0 Å². The number of nitrogens with one attached hydrogen (secondary N) is 2. The van der Waals surface area contributed by atoms with Crippen LogP contribution >= 0.6 is 0 Å². The molecule has 0 saturated carbocycles. The lowest BCUT2D eigenvalue weighted by molar-refractivity contribution is 0.102. The van der Waals surface area contributed by atoms with Crippen molar-refractivity contribution in [3.63, 3.8) is 0 Å². The van der Waals surface area contributed by atoms with Gasteiger partial charge < -0.3 is 10.3 Å². The minimum Gasteiger partial charge on any atom is -0.338 e. The fraction of sp³-hybridized carbons (Fsp3) is 0.0667. The SMILES string of the molecule is Cc1ncc(C(=O)Nc2ccc(-c3cncnc3)cc2)[nH]1. The lowest BCUT2D eigenvalue weighted by atomic mass is 10.1. The third kappa shape index (κ3) is 2.94. The highest BCUT2D eigenvalue weighted by molar-refractivity contribution is 6.02. The van der Waals surface area contributed by atoms with Crippen molar-refractivity contribution in [3.8, 4) is 11.1 Å². The molecule has 0 aliphatic rings. The molecule has 2 aromatic heterocycles. The van der Waals surface area contributed by atoms with Gasteiger partial charge in [0, 0.05) is 23.6 Å². The maximum Gasteiger partial charge on any atom is 0.273 e. The van der Waals surface area contributed by atoms with Crippen molar-refractivity contribution >= 4 is 11.6 Å². The first-order valence-corrected chi connectivity index (χ1v) is 6.41. The van der Waals surface area contributed by atoms with Gasteiger partial charge in [0.1, 0.15) is 17.8 Å². The number of H-pyrrole nitrogens is 1. The average Bonchev–Trinajstić information content (AvgIpc) is 2.96. The molecule has 3 aromatic rings. The van der Waals surface area contributed by atoms with Gasteiger partial charge in [-0.25, -0.2) is 15.0 Å². The van der Waals surface area contributed by atoms with E-state index in [4.69, 9.17) is 0 Å². The van der Waals surface area contributed by atoms with Crippen molar-refractivity contribution in [2.75, 3.05) is 5.32 Å². The Morgan fingerprint density at radius 3 is 2.38 bits per heavy atom. The van der Waals surface area contributed by atoms with E-state index in [1.54, 1.807) is 19.3 Å². The Labute approximate surface area is 121 Å². The second-order valence-corrected chi connectivity index (χ2v) is 4.54. The molecule has 2 heterocycles. The molecule has 0 fully saturated rings. The summed E-state index contributed by atoms with van der Waals surface area (Å²) in [4.78, 5) is 26.8. The van der Waals surface area contributed by atoms with Crippen molar-refractivity contribution < 1.29 is 4.79 Å². The zero-order valence-corrected chi connectivity index (χ0v) is 11.4. The number of aryl methyl sites for hydroxylation is 1. The Morgan fingerprint density at radius 1 is 1.05 bits per heavy atom. The van der Waals surface area contributed by atoms with Gasteiger partial charge >= 0.3 is 0 Å². The molecule has 0 saturated heterocycles. The number of amides is 1. The first kappa shape index (κ1) is 13.0. The van der Waals surface area contributed by atoms with Gasteiger partial charge in [0.2, 0.25) is 0 Å². The van der Waals surface area contributed by atoms with E-state index < -0.39 is 0 Å². The Morgan fingerprint density at radius 2 is 1.76 bits per heavy atom. The van der Waals surface area contributed by atoms with E-state index in [0.717, 1.165) is 11.1 Å². The summed E-state index contributed by atoms with van der Waals surface area (Å²) >= 11 is 0. The van der Waals surface area contributed by atoms with Gasteiger partial charge in [0.25, 0.3) is 5.91 Å². The number of hydrogen-bond donors (Lipinski definition) is 2. The highest BCUT2D eigenvalue weighted by atomic mass is 16.1. The topological polar surface area (TPSA) is 83.6 Å². The van der Waals surface area contributed by atoms with Crippen LogP contribution in [0.1, 0.15) is 16.3 Å². The molecule has 3 rings (SSSR count). The second kappa shape index (κ2) is 5.54. The first-order chi connectivity index (χ1) is 10.2. The van der Waals surface area contributed by atoms with E-state index in [9.17, 15) is 4.79 Å². The number of carbonyl (C=O) groups is 1. The van der Waals surface area contributed by atoms with Gasteiger partial charge in [-0.2, -0.15) is 0 Å². The van der Waals surface area contributed by atoms with E-state index in [-0.39, 0.29) is 5.91 Å². The Bertz CT molecular complexity index is 749. The van der Waals surface area contributed by atoms with Crippen LogP contribution in [0.3, 0.4) is 0 Å². The summed E-state index contributed by atoms with van der Waals surface area (Å²) in [6.07, 6.45) is 6.49. The smallest absolute Gasteiger partial charge is 0.273 e. The molecule has 2 N–H and O–H groups in total. The van der Waals surface area contributed by atoms with Crippen molar-refractivity contribution in [1.29, 1.82) is 0 Å². The van der Waals surface area contributed by atoms with Crippen molar-refractivity contribution in [1.82, 2.24) is 19.9 Å². The zero-order chi connectivity index (χ0) is 14.7. The number of rotatable bonds is 3. The molecule has 6 nitrogen and oxygen atoms in total. The summed E-state index contributed by atoms with van der Waals surface area (Å²) in [5.74, 6) is 0.492.